The number of aromatic nitrogens is 1. The number of hydrogen-bond acceptors (Lipinski definition) is 3. The van der Waals surface area contributed by atoms with E-state index in [0.29, 0.717) is 17.3 Å². The van der Waals surface area contributed by atoms with Crippen molar-refractivity contribution in [1.82, 2.24) is 10.3 Å². The molecule has 1 unspecified atom stereocenters. The van der Waals surface area contributed by atoms with Crippen molar-refractivity contribution in [3.63, 3.8) is 0 Å². The van der Waals surface area contributed by atoms with E-state index < -0.39 is 17.4 Å². The van der Waals surface area contributed by atoms with Crippen LogP contribution < -0.4 is 5.32 Å². The van der Waals surface area contributed by atoms with Crippen molar-refractivity contribution in [2.24, 2.45) is 0 Å². The number of amides is 1. The Morgan fingerprint density at radius 1 is 1.56 bits per heavy atom. The van der Waals surface area contributed by atoms with Crippen molar-refractivity contribution >= 4 is 27.8 Å². The molecule has 2 N–H and O–H groups in total. The second kappa shape index (κ2) is 5.95. The predicted octanol–water partition coefficient (Wildman–Crippen LogP) is 2.22. The second-order valence-electron chi connectivity index (χ2n) is 4.18. The molecule has 1 heterocycles. The zero-order chi connectivity index (χ0) is 13.8. The minimum absolute atomic E-state index is 0.182. The molecule has 18 heavy (non-hydrogen) atoms. The Bertz CT molecular complexity index is 464. The molecule has 98 valence electrons. The first-order valence-electron chi connectivity index (χ1n) is 5.57. The van der Waals surface area contributed by atoms with Gasteiger partial charge in [0.05, 0.1) is 0 Å². The predicted molar refractivity (Wildman–Crippen MR) is 70.4 cm³/mol. The van der Waals surface area contributed by atoms with Crippen molar-refractivity contribution in [2.45, 2.75) is 32.2 Å². The van der Waals surface area contributed by atoms with Crippen molar-refractivity contribution in [1.29, 1.82) is 0 Å². The molecule has 6 heteroatoms. The molecular weight excluding hydrogens is 300 g/mol. The molecular formula is C12H15BrN2O3. The number of carbonyl (C=O) groups excluding carboxylic acids is 1. The van der Waals surface area contributed by atoms with Gasteiger partial charge < -0.3 is 10.4 Å². The standard InChI is InChI=1S/C12H15BrN2O3/c1-3-6-12(2,11(17)18)15-10(16)9-8(13)5-4-7-14-9/h4-5,7H,3,6H2,1-2H3,(H,15,16)(H,17,18). The largest absolute Gasteiger partial charge is 0.480 e. The van der Waals surface area contributed by atoms with Crippen LogP contribution in [0, 0.1) is 0 Å². The highest BCUT2D eigenvalue weighted by atomic mass is 79.9. The third-order valence-corrected chi connectivity index (χ3v) is 3.22. The minimum Gasteiger partial charge on any atom is -0.480 e. The lowest BCUT2D eigenvalue weighted by Gasteiger charge is -2.25. The molecule has 1 aromatic heterocycles. The third-order valence-electron chi connectivity index (χ3n) is 2.58. The number of nitrogens with zero attached hydrogens (tertiary/aromatic N) is 1. The normalized spacial score (nSPS) is 13.7. The molecule has 1 aromatic rings. The average Bonchev–Trinajstić information content (AvgIpc) is 2.29. The summed E-state index contributed by atoms with van der Waals surface area (Å²) in [6, 6.07) is 3.36. The number of nitrogens with one attached hydrogen (secondary N) is 1. The summed E-state index contributed by atoms with van der Waals surface area (Å²) in [5.41, 5.74) is -1.09. The van der Waals surface area contributed by atoms with Gasteiger partial charge in [-0.1, -0.05) is 13.3 Å². The van der Waals surface area contributed by atoms with Gasteiger partial charge in [-0.25, -0.2) is 9.78 Å². The smallest absolute Gasteiger partial charge is 0.329 e. The van der Waals surface area contributed by atoms with E-state index in [1.54, 1.807) is 12.1 Å². The van der Waals surface area contributed by atoms with Crippen molar-refractivity contribution in [3.8, 4) is 0 Å². The molecule has 1 amide bonds. The zero-order valence-corrected chi connectivity index (χ0v) is 11.8. The lowest BCUT2D eigenvalue weighted by molar-refractivity contribution is -0.144. The maximum Gasteiger partial charge on any atom is 0.329 e. The van der Waals surface area contributed by atoms with E-state index in [9.17, 15) is 14.7 Å². The summed E-state index contributed by atoms with van der Waals surface area (Å²) in [6.07, 6.45) is 2.50. The number of carboxylic acid groups (broad SMARTS) is 1. The maximum absolute atomic E-state index is 12.0. The van der Waals surface area contributed by atoms with Gasteiger partial charge >= 0.3 is 5.97 Å². The molecule has 0 spiro atoms. The molecule has 0 aromatic carbocycles. The Balaban J connectivity index is 2.93. The van der Waals surface area contributed by atoms with Crippen LogP contribution in [0.2, 0.25) is 0 Å². The Morgan fingerprint density at radius 2 is 2.22 bits per heavy atom. The highest BCUT2D eigenvalue weighted by molar-refractivity contribution is 9.10. The fraction of sp³-hybridized carbons (Fsp3) is 0.417. The molecule has 0 radical (unpaired) electrons. The Morgan fingerprint density at radius 3 is 2.72 bits per heavy atom. The summed E-state index contributed by atoms with van der Waals surface area (Å²) >= 11 is 3.21. The monoisotopic (exact) mass is 314 g/mol. The highest BCUT2D eigenvalue weighted by Crippen LogP contribution is 2.17. The molecule has 5 nitrogen and oxygen atoms in total. The Hall–Kier alpha value is -1.43. The third kappa shape index (κ3) is 3.29. The number of carbonyl (C=O) groups is 2. The van der Waals surface area contributed by atoms with Gasteiger partial charge in [-0.15, -0.1) is 0 Å². The topological polar surface area (TPSA) is 79.3 Å². The number of carboxylic acids is 1. The molecule has 0 fully saturated rings. The summed E-state index contributed by atoms with van der Waals surface area (Å²) in [7, 11) is 0. The van der Waals surface area contributed by atoms with E-state index >= 15 is 0 Å². The van der Waals surface area contributed by atoms with Crippen LogP contribution in [-0.2, 0) is 4.79 Å². The summed E-state index contributed by atoms with van der Waals surface area (Å²) in [5, 5.41) is 11.7. The number of aliphatic carboxylic acids is 1. The van der Waals surface area contributed by atoms with Crippen LogP contribution in [0.4, 0.5) is 0 Å². The fourth-order valence-electron chi connectivity index (χ4n) is 1.59. The lowest BCUT2D eigenvalue weighted by atomic mass is 9.96. The number of hydrogen-bond donors (Lipinski definition) is 2. The number of halogens is 1. The van der Waals surface area contributed by atoms with Crippen LogP contribution in [0.5, 0.6) is 0 Å². The van der Waals surface area contributed by atoms with Crippen molar-refractivity contribution < 1.29 is 14.7 Å². The number of pyridine rings is 1. The Kier molecular flexibility index (Phi) is 4.84. The van der Waals surface area contributed by atoms with Gasteiger partial charge in [0.1, 0.15) is 11.2 Å². The molecule has 0 aliphatic carbocycles. The van der Waals surface area contributed by atoms with Gasteiger partial charge in [0.15, 0.2) is 0 Å². The van der Waals surface area contributed by atoms with E-state index in [4.69, 9.17) is 0 Å². The van der Waals surface area contributed by atoms with E-state index in [1.165, 1.54) is 13.1 Å². The molecule has 0 aliphatic rings. The second-order valence-corrected chi connectivity index (χ2v) is 5.03. The molecule has 0 bridgehead atoms. The van der Waals surface area contributed by atoms with Crippen LogP contribution in [-0.4, -0.2) is 27.5 Å². The van der Waals surface area contributed by atoms with Gasteiger partial charge in [0.25, 0.3) is 5.91 Å². The van der Waals surface area contributed by atoms with Crippen LogP contribution in [0.15, 0.2) is 22.8 Å². The first-order chi connectivity index (χ1) is 8.40. The van der Waals surface area contributed by atoms with Gasteiger partial charge in [0, 0.05) is 10.7 Å². The maximum atomic E-state index is 12.0. The van der Waals surface area contributed by atoms with E-state index in [0.717, 1.165) is 0 Å². The summed E-state index contributed by atoms with van der Waals surface area (Å²) in [4.78, 5) is 27.1. The molecule has 0 aliphatic heterocycles. The zero-order valence-electron chi connectivity index (χ0n) is 10.2. The molecule has 0 saturated carbocycles. The first kappa shape index (κ1) is 14.6. The average molecular weight is 315 g/mol. The van der Waals surface area contributed by atoms with Gasteiger partial charge in [-0.05, 0) is 41.4 Å². The van der Waals surface area contributed by atoms with Gasteiger partial charge in [-0.2, -0.15) is 0 Å². The lowest BCUT2D eigenvalue weighted by Crippen LogP contribution is -2.52. The molecule has 1 atom stereocenters. The van der Waals surface area contributed by atoms with Gasteiger partial charge in [0.2, 0.25) is 0 Å². The SMILES string of the molecule is CCCC(C)(NC(=O)c1ncccc1Br)C(=O)O. The van der Waals surface area contributed by atoms with E-state index in [-0.39, 0.29) is 5.69 Å². The van der Waals surface area contributed by atoms with Crippen molar-refractivity contribution in [2.75, 3.05) is 0 Å². The summed E-state index contributed by atoms with van der Waals surface area (Å²) in [5.74, 6) is -1.55. The van der Waals surface area contributed by atoms with Crippen LogP contribution in [0.25, 0.3) is 0 Å². The van der Waals surface area contributed by atoms with E-state index in [1.807, 2.05) is 6.92 Å². The molecule has 0 saturated heterocycles. The summed E-state index contributed by atoms with van der Waals surface area (Å²) < 4.78 is 0.534. The highest BCUT2D eigenvalue weighted by Gasteiger charge is 2.34. The van der Waals surface area contributed by atoms with Gasteiger partial charge in [-0.3, -0.25) is 4.79 Å². The van der Waals surface area contributed by atoms with Crippen molar-refractivity contribution in [3.05, 3.63) is 28.5 Å². The first-order valence-corrected chi connectivity index (χ1v) is 6.36. The van der Waals surface area contributed by atoms with Crippen LogP contribution in [0.3, 0.4) is 0 Å². The Labute approximate surface area is 114 Å². The van der Waals surface area contributed by atoms with Crippen LogP contribution >= 0.6 is 15.9 Å². The quantitative estimate of drug-likeness (QED) is 0.873. The minimum atomic E-state index is -1.28. The van der Waals surface area contributed by atoms with E-state index in [2.05, 4.69) is 26.2 Å². The number of rotatable bonds is 5. The summed E-state index contributed by atoms with van der Waals surface area (Å²) in [6.45, 7) is 3.36. The van der Waals surface area contributed by atoms with Crippen LogP contribution in [0.1, 0.15) is 37.2 Å². The molecule has 1 rings (SSSR count). The fourth-order valence-corrected chi connectivity index (χ4v) is 2.02.